The molecule has 0 saturated carbocycles. The number of methoxy groups -OCH3 is 1. The Kier molecular flexibility index (Phi) is 9.40. The molecule has 2 aromatic carbocycles. The monoisotopic (exact) mass is 509 g/mol. The predicted octanol–water partition coefficient (Wildman–Crippen LogP) is 3.54. The lowest BCUT2D eigenvalue weighted by atomic mass is 9.93. The van der Waals surface area contributed by atoms with Gasteiger partial charge in [-0.2, -0.15) is 0 Å². The Hall–Kier alpha value is -3.47. The number of carbonyl (C=O) groups excluding carboxylic acids is 2. The second kappa shape index (κ2) is 12.5. The molecule has 0 aliphatic carbocycles. The minimum atomic E-state index is -4.75. The summed E-state index contributed by atoms with van der Waals surface area (Å²) in [5, 5.41) is 6.00. The molecule has 196 valence electrons. The van der Waals surface area contributed by atoms with Gasteiger partial charge in [0.15, 0.2) is 0 Å². The van der Waals surface area contributed by atoms with Crippen LogP contribution in [0.25, 0.3) is 0 Å². The van der Waals surface area contributed by atoms with E-state index in [1.54, 1.807) is 43.2 Å². The number of halogens is 3. The highest BCUT2D eigenvalue weighted by Gasteiger charge is 2.31. The number of hydrogen-bond donors (Lipinski definition) is 2. The molecular weight excluding hydrogens is 479 g/mol. The first-order valence-electron chi connectivity index (χ1n) is 11.5. The summed E-state index contributed by atoms with van der Waals surface area (Å²) in [6.07, 6.45) is -4.74. The molecule has 2 aromatic rings. The van der Waals surface area contributed by atoms with Crippen molar-refractivity contribution in [3.05, 3.63) is 54.1 Å². The van der Waals surface area contributed by atoms with Crippen LogP contribution in [0.4, 0.5) is 18.9 Å². The lowest BCUT2D eigenvalue weighted by Crippen LogP contribution is -2.44. The summed E-state index contributed by atoms with van der Waals surface area (Å²) in [6.45, 7) is 4.03. The Labute approximate surface area is 207 Å². The van der Waals surface area contributed by atoms with Gasteiger partial charge in [-0.3, -0.25) is 9.59 Å². The van der Waals surface area contributed by atoms with E-state index in [4.69, 9.17) is 9.47 Å². The fraction of sp³-hybridized carbons (Fsp3) is 0.440. The van der Waals surface area contributed by atoms with Gasteiger partial charge in [0.1, 0.15) is 11.5 Å². The van der Waals surface area contributed by atoms with Crippen LogP contribution in [0.5, 0.6) is 11.5 Å². The van der Waals surface area contributed by atoms with Crippen molar-refractivity contribution in [3.63, 3.8) is 0 Å². The normalized spacial score (nSPS) is 15.5. The zero-order valence-corrected chi connectivity index (χ0v) is 20.1. The molecule has 1 fully saturated rings. The molecular formula is C25H30F3N3O5. The molecule has 1 aliphatic heterocycles. The minimum Gasteiger partial charge on any atom is -0.497 e. The van der Waals surface area contributed by atoms with E-state index >= 15 is 0 Å². The molecule has 0 spiro atoms. The molecule has 2 N–H and O–H groups in total. The smallest absolute Gasteiger partial charge is 0.497 e. The van der Waals surface area contributed by atoms with Crippen LogP contribution in [0.2, 0.25) is 0 Å². The van der Waals surface area contributed by atoms with Crippen molar-refractivity contribution in [1.82, 2.24) is 10.2 Å². The van der Waals surface area contributed by atoms with Crippen LogP contribution in [-0.2, 0) is 14.3 Å². The highest BCUT2D eigenvalue weighted by Crippen LogP contribution is 2.25. The number of amides is 2. The fourth-order valence-corrected chi connectivity index (χ4v) is 3.75. The number of hydrogen-bond acceptors (Lipinski definition) is 6. The maximum Gasteiger partial charge on any atom is 0.573 e. The molecule has 2 atom stereocenters. The van der Waals surface area contributed by atoms with Gasteiger partial charge in [-0.1, -0.05) is 12.1 Å². The third kappa shape index (κ3) is 8.33. The number of nitrogens with zero attached hydrogens (tertiary/aromatic N) is 1. The van der Waals surface area contributed by atoms with Crippen molar-refractivity contribution in [2.45, 2.75) is 31.7 Å². The number of ether oxygens (including phenoxy) is 3. The van der Waals surface area contributed by atoms with E-state index in [1.807, 2.05) is 0 Å². The molecule has 0 bridgehead atoms. The molecule has 1 aliphatic rings. The number of morpholine rings is 1. The first-order chi connectivity index (χ1) is 17.1. The molecule has 3 rings (SSSR count). The van der Waals surface area contributed by atoms with Crippen LogP contribution in [0.1, 0.15) is 24.8 Å². The van der Waals surface area contributed by atoms with E-state index < -0.39 is 12.3 Å². The van der Waals surface area contributed by atoms with E-state index in [0.29, 0.717) is 49.8 Å². The molecule has 2 amide bonds. The SMILES string of the molecule is COc1ccc([C@H](CC(=O)N2CCOCC2)C(=O)N[C@@H](C)CNc2ccc(OC(F)(F)F)cc2)cc1. The summed E-state index contributed by atoms with van der Waals surface area (Å²) in [7, 11) is 1.55. The summed E-state index contributed by atoms with van der Waals surface area (Å²) in [4.78, 5) is 27.8. The molecule has 8 nitrogen and oxygen atoms in total. The molecule has 0 radical (unpaired) electrons. The maximum atomic E-state index is 13.2. The summed E-state index contributed by atoms with van der Waals surface area (Å²) >= 11 is 0. The van der Waals surface area contributed by atoms with Crippen molar-refractivity contribution in [2.75, 3.05) is 45.3 Å². The molecule has 1 saturated heterocycles. The second-order valence-corrected chi connectivity index (χ2v) is 8.39. The van der Waals surface area contributed by atoms with Crippen LogP contribution in [0.15, 0.2) is 48.5 Å². The van der Waals surface area contributed by atoms with Crippen LogP contribution in [-0.4, -0.2) is 69.1 Å². The van der Waals surface area contributed by atoms with Crippen LogP contribution >= 0.6 is 0 Å². The van der Waals surface area contributed by atoms with Crippen molar-refractivity contribution in [1.29, 1.82) is 0 Å². The number of alkyl halides is 3. The van der Waals surface area contributed by atoms with Crippen molar-refractivity contribution < 1.29 is 37.0 Å². The van der Waals surface area contributed by atoms with Gasteiger partial charge in [0, 0.05) is 37.8 Å². The Morgan fingerprint density at radius 1 is 1.03 bits per heavy atom. The highest BCUT2D eigenvalue weighted by molar-refractivity contribution is 5.90. The standard InChI is InChI=1S/C25H30F3N3O5/c1-17(16-29-19-5-9-21(10-6-19)36-25(26,27)28)30-24(33)22(18-3-7-20(34-2)8-4-18)15-23(32)31-11-13-35-14-12-31/h3-10,17,22,29H,11-16H2,1-2H3,(H,30,33)/t17-,22-/m0/s1. The zero-order valence-electron chi connectivity index (χ0n) is 20.1. The highest BCUT2D eigenvalue weighted by atomic mass is 19.4. The molecule has 1 heterocycles. The number of rotatable bonds is 10. The van der Waals surface area contributed by atoms with Gasteiger partial charge >= 0.3 is 6.36 Å². The largest absolute Gasteiger partial charge is 0.573 e. The first kappa shape index (κ1) is 27.1. The minimum absolute atomic E-state index is 0.0129. The Morgan fingerprint density at radius 3 is 2.22 bits per heavy atom. The Bertz CT molecular complexity index is 993. The number of benzene rings is 2. The Balaban J connectivity index is 1.61. The van der Waals surface area contributed by atoms with E-state index in [2.05, 4.69) is 15.4 Å². The summed E-state index contributed by atoms with van der Waals surface area (Å²) in [5.74, 6) is -0.804. The molecule has 11 heteroatoms. The number of carbonyl (C=O) groups is 2. The van der Waals surface area contributed by atoms with E-state index in [0.717, 1.165) is 0 Å². The molecule has 36 heavy (non-hydrogen) atoms. The molecule has 0 aromatic heterocycles. The quantitative estimate of drug-likeness (QED) is 0.510. The maximum absolute atomic E-state index is 13.2. The summed E-state index contributed by atoms with van der Waals surface area (Å²) in [6, 6.07) is 12.0. The average Bonchev–Trinajstić information content (AvgIpc) is 2.86. The van der Waals surface area contributed by atoms with Gasteiger partial charge < -0.3 is 29.7 Å². The second-order valence-electron chi connectivity index (χ2n) is 8.39. The van der Waals surface area contributed by atoms with Crippen molar-refractivity contribution in [2.24, 2.45) is 0 Å². The van der Waals surface area contributed by atoms with Gasteiger partial charge in [0.25, 0.3) is 0 Å². The first-order valence-corrected chi connectivity index (χ1v) is 11.5. The Morgan fingerprint density at radius 2 is 1.64 bits per heavy atom. The van der Waals surface area contributed by atoms with Gasteiger partial charge in [-0.15, -0.1) is 13.2 Å². The van der Waals surface area contributed by atoms with Crippen LogP contribution in [0.3, 0.4) is 0 Å². The lowest BCUT2D eigenvalue weighted by molar-refractivity contribution is -0.274. The average molecular weight is 510 g/mol. The lowest BCUT2D eigenvalue weighted by Gasteiger charge is -2.29. The van der Waals surface area contributed by atoms with Crippen LogP contribution < -0.4 is 20.1 Å². The van der Waals surface area contributed by atoms with Gasteiger partial charge in [-0.25, -0.2) is 0 Å². The predicted molar refractivity (Wildman–Crippen MR) is 127 cm³/mol. The third-order valence-corrected chi connectivity index (χ3v) is 5.67. The topological polar surface area (TPSA) is 89.1 Å². The van der Waals surface area contributed by atoms with E-state index in [-0.39, 0.29) is 30.0 Å². The van der Waals surface area contributed by atoms with Gasteiger partial charge in [0.2, 0.25) is 11.8 Å². The van der Waals surface area contributed by atoms with Gasteiger partial charge in [0.05, 0.1) is 26.2 Å². The zero-order chi connectivity index (χ0) is 26.1. The van der Waals surface area contributed by atoms with Crippen molar-refractivity contribution in [3.8, 4) is 11.5 Å². The van der Waals surface area contributed by atoms with Gasteiger partial charge in [-0.05, 0) is 48.9 Å². The number of anilines is 1. The summed E-state index contributed by atoms with van der Waals surface area (Å²) < 4.78 is 51.3. The number of nitrogens with one attached hydrogen (secondary N) is 2. The molecule has 0 unspecified atom stereocenters. The summed E-state index contributed by atoms with van der Waals surface area (Å²) in [5.41, 5.74) is 1.26. The van der Waals surface area contributed by atoms with Crippen molar-refractivity contribution >= 4 is 17.5 Å². The van der Waals surface area contributed by atoms with E-state index in [1.165, 1.54) is 24.3 Å². The fourth-order valence-electron chi connectivity index (χ4n) is 3.75. The van der Waals surface area contributed by atoms with Crippen LogP contribution in [0, 0.1) is 0 Å². The third-order valence-electron chi connectivity index (χ3n) is 5.67. The van der Waals surface area contributed by atoms with E-state index in [9.17, 15) is 22.8 Å².